The molecular weight excluding hydrogens is 328 g/mol. The average molecular weight is 348 g/mol. The standard InChI is InChI=1S/C20H20N4O2/c21-11-16-9-14(3-4-18(16)24-8-6-17(25)12-24)15-5-7-22-19(10-15)23-20(26)13-1-2-13/h3-5,7,9-10,13,17,25H,1-2,6,8,12H2,(H,22,23,26). The van der Waals surface area contributed by atoms with Crippen molar-refractivity contribution in [2.24, 2.45) is 5.92 Å². The van der Waals surface area contributed by atoms with Gasteiger partial charge in [0.1, 0.15) is 11.9 Å². The summed E-state index contributed by atoms with van der Waals surface area (Å²) in [6.45, 7) is 1.31. The van der Waals surface area contributed by atoms with Gasteiger partial charge in [0.25, 0.3) is 0 Å². The van der Waals surface area contributed by atoms with Gasteiger partial charge < -0.3 is 15.3 Å². The van der Waals surface area contributed by atoms with Gasteiger partial charge in [-0.3, -0.25) is 4.79 Å². The Morgan fingerprint density at radius 3 is 2.73 bits per heavy atom. The molecule has 2 N–H and O–H groups in total. The Labute approximate surface area is 152 Å². The third kappa shape index (κ3) is 3.39. The molecule has 1 unspecified atom stereocenters. The van der Waals surface area contributed by atoms with Gasteiger partial charge in [-0.15, -0.1) is 0 Å². The van der Waals surface area contributed by atoms with E-state index in [0.29, 0.717) is 17.9 Å². The number of benzene rings is 1. The third-order valence-electron chi connectivity index (χ3n) is 4.91. The monoisotopic (exact) mass is 348 g/mol. The maximum Gasteiger partial charge on any atom is 0.228 e. The first-order chi connectivity index (χ1) is 12.6. The fraction of sp³-hybridized carbons (Fsp3) is 0.350. The van der Waals surface area contributed by atoms with E-state index >= 15 is 0 Å². The molecule has 2 fully saturated rings. The molecule has 1 atom stereocenters. The summed E-state index contributed by atoms with van der Waals surface area (Å²) in [4.78, 5) is 18.2. The second-order valence-corrected chi connectivity index (χ2v) is 6.93. The Bertz CT molecular complexity index is 886. The van der Waals surface area contributed by atoms with E-state index in [0.717, 1.165) is 42.6 Å². The predicted octanol–water partition coefficient (Wildman–Crippen LogP) is 2.54. The number of aliphatic hydroxyl groups is 1. The zero-order valence-corrected chi connectivity index (χ0v) is 14.4. The Kier molecular flexibility index (Phi) is 4.31. The third-order valence-corrected chi connectivity index (χ3v) is 4.91. The zero-order valence-electron chi connectivity index (χ0n) is 14.4. The fourth-order valence-corrected chi connectivity index (χ4v) is 3.29. The van der Waals surface area contributed by atoms with Crippen molar-refractivity contribution in [1.82, 2.24) is 4.98 Å². The van der Waals surface area contributed by atoms with E-state index in [4.69, 9.17) is 0 Å². The highest BCUT2D eigenvalue weighted by atomic mass is 16.3. The maximum atomic E-state index is 11.9. The lowest BCUT2D eigenvalue weighted by Crippen LogP contribution is -2.22. The molecule has 26 heavy (non-hydrogen) atoms. The van der Waals surface area contributed by atoms with Gasteiger partial charge in [-0.1, -0.05) is 6.07 Å². The number of hydrogen-bond donors (Lipinski definition) is 2. The van der Waals surface area contributed by atoms with E-state index in [1.165, 1.54) is 0 Å². The Morgan fingerprint density at radius 2 is 2.04 bits per heavy atom. The number of aliphatic hydroxyl groups excluding tert-OH is 1. The van der Waals surface area contributed by atoms with E-state index in [1.807, 2.05) is 35.2 Å². The normalized spacial score (nSPS) is 19.2. The van der Waals surface area contributed by atoms with Crippen LogP contribution in [0.15, 0.2) is 36.5 Å². The molecule has 2 heterocycles. The summed E-state index contributed by atoms with van der Waals surface area (Å²) in [6.07, 6.45) is 3.95. The van der Waals surface area contributed by atoms with Crippen molar-refractivity contribution < 1.29 is 9.90 Å². The number of hydrogen-bond acceptors (Lipinski definition) is 5. The number of aromatic nitrogens is 1. The molecule has 1 aromatic heterocycles. The first kappa shape index (κ1) is 16.6. The molecule has 6 nitrogen and oxygen atoms in total. The lowest BCUT2D eigenvalue weighted by molar-refractivity contribution is -0.117. The number of carbonyl (C=O) groups is 1. The van der Waals surface area contributed by atoms with Crippen LogP contribution in [0.3, 0.4) is 0 Å². The van der Waals surface area contributed by atoms with Gasteiger partial charge in [0, 0.05) is 25.2 Å². The molecule has 1 saturated carbocycles. The molecule has 2 aliphatic rings. The van der Waals surface area contributed by atoms with Crippen LogP contribution in [-0.2, 0) is 4.79 Å². The molecule has 1 aromatic carbocycles. The molecule has 0 spiro atoms. The number of nitrogens with one attached hydrogen (secondary N) is 1. The summed E-state index contributed by atoms with van der Waals surface area (Å²) in [5.74, 6) is 0.681. The number of amides is 1. The minimum Gasteiger partial charge on any atom is -0.391 e. The minimum atomic E-state index is -0.334. The second kappa shape index (κ2) is 6.77. The molecule has 0 radical (unpaired) electrons. The Morgan fingerprint density at radius 1 is 1.23 bits per heavy atom. The summed E-state index contributed by atoms with van der Waals surface area (Å²) >= 11 is 0. The molecule has 132 valence electrons. The van der Waals surface area contributed by atoms with Crippen LogP contribution in [0, 0.1) is 17.2 Å². The minimum absolute atomic E-state index is 0.0234. The van der Waals surface area contributed by atoms with E-state index in [-0.39, 0.29) is 17.9 Å². The van der Waals surface area contributed by atoms with Gasteiger partial charge in [0.15, 0.2) is 0 Å². The van der Waals surface area contributed by atoms with E-state index in [1.54, 1.807) is 6.20 Å². The molecule has 1 amide bonds. The average Bonchev–Trinajstić information content (AvgIpc) is 3.43. The van der Waals surface area contributed by atoms with Gasteiger partial charge in [0.05, 0.1) is 17.4 Å². The summed E-state index contributed by atoms with van der Waals surface area (Å²) < 4.78 is 0. The van der Waals surface area contributed by atoms with Crippen LogP contribution in [0.25, 0.3) is 11.1 Å². The van der Waals surface area contributed by atoms with Crippen LogP contribution >= 0.6 is 0 Å². The molecule has 1 aliphatic carbocycles. The van der Waals surface area contributed by atoms with Crippen molar-refractivity contribution in [1.29, 1.82) is 5.26 Å². The van der Waals surface area contributed by atoms with Gasteiger partial charge in [0.2, 0.25) is 5.91 Å². The summed E-state index contributed by atoms with van der Waals surface area (Å²) in [6, 6.07) is 11.7. The topological polar surface area (TPSA) is 89.2 Å². The molecule has 1 saturated heterocycles. The lowest BCUT2D eigenvalue weighted by Gasteiger charge is -2.19. The summed E-state index contributed by atoms with van der Waals surface area (Å²) in [5.41, 5.74) is 3.23. The van der Waals surface area contributed by atoms with Crippen molar-refractivity contribution in [3.05, 3.63) is 42.1 Å². The predicted molar refractivity (Wildman–Crippen MR) is 98.6 cm³/mol. The Balaban J connectivity index is 1.59. The molecule has 2 aromatic rings. The van der Waals surface area contributed by atoms with Crippen molar-refractivity contribution >= 4 is 17.4 Å². The molecule has 0 bridgehead atoms. The second-order valence-electron chi connectivity index (χ2n) is 6.93. The number of β-amino-alcohol motifs (C(OH)–C–C–N with tert-alkyl or cyclic N) is 1. The highest BCUT2D eigenvalue weighted by molar-refractivity contribution is 5.93. The van der Waals surface area contributed by atoms with Gasteiger partial charge in [-0.2, -0.15) is 5.26 Å². The fourth-order valence-electron chi connectivity index (χ4n) is 3.29. The number of pyridine rings is 1. The maximum absolute atomic E-state index is 11.9. The molecule has 6 heteroatoms. The highest BCUT2D eigenvalue weighted by Gasteiger charge is 2.29. The van der Waals surface area contributed by atoms with Gasteiger partial charge in [-0.25, -0.2) is 4.98 Å². The van der Waals surface area contributed by atoms with Crippen LogP contribution < -0.4 is 10.2 Å². The first-order valence-electron chi connectivity index (χ1n) is 8.88. The number of rotatable bonds is 4. The summed E-state index contributed by atoms with van der Waals surface area (Å²) in [5, 5.41) is 22.1. The highest BCUT2D eigenvalue weighted by Crippen LogP contribution is 2.32. The van der Waals surface area contributed by atoms with Crippen molar-refractivity contribution in [3.63, 3.8) is 0 Å². The van der Waals surface area contributed by atoms with Crippen LogP contribution in [0.2, 0.25) is 0 Å². The van der Waals surface area contributed by atoms with Crippen LogP contribution in [-0.4, -0.2) is 35.2 Å². The molecule has 1 aliphatic heterocycles. The zero-order chi connectivity index (χ0) is 18.1. The molecular formula is C20H20N4O2. The first-order valence-corrected chi connectivity index (χ1v) is 8.88. The smallest absolute Gasteiger partial charge is 0.228 e. The lowest BCUT2D eigenvalue weighted by atomic mass is 10.0. The van der Waals surface area contributed by atoms with Gasteiger partial charge in [-0.05, 0) is 54.7 Å². The number of carbonyl (C=O) groups excluding carboxylic acids is 1. The van der Waals surface area contributed by atoms with Crippen molar-refractivity contribution in [2.75, 3.05) is 23.3 Å². The van der Waals surface area contributed by atoms with E-state index < -0.39 is 0 Å². The molecule has 4 rings (SSSR count). The van der Waals surface area contributed by atoms with Crippen LogP contribution in [0.5, 0.6) is 0 Å². The van der Waals surface area contributed by atoms with Crippen LogP contribution in [0.1, 0.15) is 24.8 Å². The SMILES string of the molecule is N#Cc1cc(-c2ccnc(NC(=O)C3CC3)c2)ccc1N1CCC(O)C1. The quantitative estimate of drug-likeness (QED) is 0.886. The number of anilines is 2. The largest absolute Gasteiger partial charge is 0.391 e. The van der Waals surface area contributed by atoms with Crippen molar-refractivity contribution in [3.8, 4) is 17.2 Å². The summed E-state index contributed by atoms with van der Waals surface area (Å²) in [7, 11) is 0. The van der Waals surface area contributed by atoms with Gasteiger partial charge >= 0.3 is 0 Å². The van der Waals surface area contributed by atoms with Crippen LogP contribution in [0.4, 0.5) is 11.5 Å². The number of nitriles is 1. The Hall–Kier alpha value is -2.91. The van der Waals surface area contributed by atoms with Crippen molar-refractivity contribution in [2.45, 2.75) is 25.4 Å². The number of nitrogens with zero attached hydrogens (tertiary/aromatic N) is 3. The van der Waals surface area contributed by atoms with E-state index in [2.05, 4.69) is 16.4 Å². The van der Waals surface area contributed by atoms with E-state index in [9.17, 15) is 15.2 Å².